The highest BCUT2D eigenvalue weighted by Crippen LogP contribution is 2.21. The lowest BCUT2D eigenvalue weighted by Gasteiger charge is -2.07. The molecular formula is C21H20N2O5. The van der Waals surface area contributed by atoms with Crippen LogP contribution in [-0.4, -0.2) is 28.6 Å². The second kappa shape index (κ2) is 9.36. The molecule has 0 saturated heterocycles. The van der Waals surface area contributed by atoms with Crippen LogP contribution in [0.2, 0.25) is 0 Å². The molecule has 3 aromatic rings. The minimum Gasteiger partial charge on any atom is -0.482 e. The number of nitrogens with zero attached hydrogens (tertiary/aromatic N) is 1. The number of amides is 1. The summed E-state index contributed by atoms with van der Waals surface area (Å²) >= 11 is 0. The fourth-order valence-corrected chi connectivity index (χ4v) is 2.59. The predicted molar refractivity (Wildman–Crippen MR) is 103 cm³/mol. The van der Waals surface area contributed by atoms with Crippen LogP contribution in [0.1, 0.15) is 18.7 Å². The van der Waals surface area contributed by atoms with E-state index in [2.05, 4.69) is 10.3 Å². The van der Waals surface area contributed by atoms with Crippen molar-refractivity contribution in [3.63, 3.8) is 0 Å². The monoisotopic (exact) mass is 380 g/mol. The van der Waals surface area contributed by atoms with E-state index in [9.17, 15) is 9.59 Å². The predicted octanol–water partition coefficient (Wildman–Crippen LogP) is 3.77. The molecule has 0 fully saturated rings. The van der Waals surface area contributed by atoms with Gasteiger partial charge in [-0.2, -0.15) is 0 Å². The Morgan fingerprint density at radius 3 is 2.71 bits per heavy atom. The molecule has 1 aromatic heterocycles. The van der Waals surface area contributed by atoms with Gasteiger partial charge in [-0.25, -0.2) is 9.78 Å². The molecule has 0 aliphatic heterocycles. The van der Waals surface area contributed by atoms with Crippen molar-refractivity contribution < 1.29 is 23.8 Å². The third-order valence-electron chi connectivity index (χ3n) is 3.89. The van der Waals surface area contributed by atoms with Crippen molar-refractivity contribution in [2.75, 3.05) is 11.9 Å². The summed E-state index contributed by atoms with van der Waals surface area (Å²) in [6, 6.07) is 16.3. The van der Waals surface area contributed by atoms with Gasteiger partial charge in [-0.15, -0.1) is 0 Å². The number of hydrogen-bond donors (Lipinski definition) is 2. The quantitative estimate of drug-likeness (QED) is 0.586. The van der Waals surface area contributed by atoms with Crippen LogP contribution in [-0.2, 0) is 16.0 Å². The van der Waals surface area contributed by atoms with Gasteiger partial charge in [0.2, 0.25) is 5.91 Å². The summed E-state index contributed by atoms with van der Waals surface area (Å²) in [6.45, 7) is -0.432. The van der Waals surface area contributed by atoms with Gasteiger partial charge in [0.1, 0.15) is 5.75 Å². The number of rotatable bonds is 9. The van der Waals surface area contributed by atoms with Crippen LogP contribution < -0.4 is 10.1 Å². The maximum atomic E-state index is 12.1. The zero-order valence-electron chi connectivity index (χ0n) is 15.1. The first-order valence-corrected chi connectivity index (χ1v) is 8.85. The molecular weight excluding hydrogens is 360 g/mol. The van der Waals surface area contributed by atoms with Crippen LogP contribution in [0.3, 0.4) is 0 Å². The molecule has 7 nitrogen and oxygen atoms in total. The highest BCUT2D eigenvalue weighted by atomic mass is 16.5. The van der Waals surface area contributed by atoms with Crippen molar-refractivity contribution >= 4 is 17.6 Å². The number of carbonyl (C=O) groups excluding carboxylic acids is 1. The number of aliphatic carboxylic acids is 1. The first-order chi connectivity index (χ1) is 13.6. The largest absolute Gasteiger partial charge is 0.482 e. The fourth-order valence-electron chi connectivity index (χ4n) is 2.59. The molecule has 0 atom stereocenters. The van der Waals surface area contributed by atoms with Gasteiger partial charge in [-0.05, 0) is 18.6 Å². The summed E-state index contributed by atoms with van der Waals surface area (Å²) in [6.07, 6.45) is 3.15. The van der Waals surface area contributed by atoms with Gasteiger partial charge in [-0.3, -0.25) is 4.79 Å². The van der Waals surface area contributed by atoms with E-state index in [0.29, 0.717) is 42.4 Å². The van der Waals surface area contributed by atoms with Crippen LogP contribution in [0.15, 0.2) is 65.2 Å². The Balaban J connectivity index is 1.45. The van der Waals surface area contributed by atoms with Crippen molar-refractivity contribution in [1.82, 2.24) is 4.98 Å². The smallest absolute Gasteiger partial charge is 0.341 e. The molecule has 0 spiro atoms. The van der Waals surface area contributed by atoms with Crippen molar-refractivity contribution in [3.8, 4) is 17.1 Å². The summed E-state index contributed by atoms with van der Waals surface area (Å²) in [5.74, 6) is 0.476. The molecule has 0 aliphatic carbocycles. The Labute approximate surface area is 162 Å². The SMILES string of the molecule is O=C(O)COc1cccc(NC(=O)CCCc2ncc(-c3ccccc3)o2)c1. The lowest BCUT2D eigenvalue weighted by atomic mass is 10.2. The lowest BCUT2D eigenvalue weighted by Crippen LogP contribution is -2.12. The maximum absolute atomic E-state index is 12.1. The van der Waals surface area contributed by atoms with E-state index in [-0.39, 0.29) is 5.91 Å². The van der Waals surface area contributed by atoms with Crippen LogP contribution in [0.4, 0.5) is 5.69 Å². The number of hydrogen-bond acceptors (Lipinski definition) is 5. The van der Waals surface area contributed by atoms with Gasteiger partial charge < -0.3 is 19.6 Å². The number of anilines is 1. The average molecular weight is 380 g/mol. The minimum absolute atomic E-state index is 0.148. The van der Waals surface area contributed by atoms with E-state index in [1.54, 1.807) is 30.5 Å². The molecule has 2 aromatic carbocycles. The van der Waals surface area contributed by atoms with Crippen LogP contribution >= 0.6 is 0 Å². The number of carboxylic acids is 1. The average Bonchev–Trinajstić information content (AvgIpc) is 3.16. The molecule has 0 unspecified atom stereocenters. The van der Waals surface area contributed by atoms with Crippen molar-refractivity contribution in [2.45, 2.75) is 19.3 Å². The molecule has 0 aliphatic rings. The van der Waals surface area contributed by atoms with Crippen LogP contribution in [0.25, 0.3) is 11.3 Å². The fraction of sp³-hybridized carbons (Fsp3) is 0.190. The van der Waals surface area contributed by atoms with Crippen molar-refractivity contribution in [1.29, 1.82) is 0 Å². The van der Waals surface area contributed by atoms with E-state index >= 15 is 0 Å². The number of benzene rings is 2. The highest BCUT2D eigenvalue weighted by molar-refractivity contribution is 5.90. The van der Waals surface area contributed by atoms with Gasteiger partial charge in [0.15, 0.2) is 18.3 Å². The van der Waals surface area contributed by atoms with E-state index in [4.69, 9.17) is 14.3 Å². The molecule has 7 heteroatoms. The first kappa shape index (κ1) is 19.2. The van der Waals surface area contributed by atoms with Crippen molar-refractivity contribution in [2.24, 2.45) is 0 Å². The minimum atomic E-state index is -1.06. The van der Waals surface area contributed by atoms with Crippen molar-refractivity contribution in [3.05, 3.63) is 66.7 Å². The van der Waals surface area contributed by atoms with E-state index in [1.807, 2.05) is 30.3 Å². The highest BCUT2D eigenvalue weighted by Gasteiger charge is 2.08. The Hall–Kier alpha value is -3.61. The number of oxazole rings is 1. The number of carboxylic acid groups (broad SMARTS) is 1. The molecule has 0 saturated carbocycles. The summed E-state index contributed by atoms with van der Waals surface area (Å²) in [5, 5.41) is 11.4. The Morgan fingerprint density at radius 2 is 1.93 bits per heavy atom. The second-order valence-corrected chi connectivity index (χ2v) is 6.10. The van der Waals surface area contributed by atoms with Gasteiger partial charge >= 0.3 is 5.97 Å². The van der Waals surface area contributed by atoms with Gasteiger partial charge in [0, 0.05) is 30.2 Å². The lowest BCUT2D eigenvalue weighted by molar-refractivity contribution is -0.139. The summed E-state index contributed by atoms with van der Waals surface area (Å²) in [4.78, 5) is 26.9. The molecule has 3 rings (SSSR count). The maximum Gasteiger partial charge on any atom is 0.341 e. The Morgan fingerprint density at radius 1 is 1.11 bits per heavy atom. The number of carbonyl (C=O) groups is 2. The van der Waals surface area contributed by atoms with E-state index in [1.165, 1.54) is 0 Å². The molecule has 0 radical (unpaired) electrons. The third kappa shape index (κ3) is 5.70. The van der Waals surface area contributed by atoms with Gasteiger partial charge in [-0.1, -0.05) is 36.4 Å². The van der Waals surface area contributed by atoms with Gasteiger partial charge in [0.05, 0.1) is 6.20 Å². The molecule has 144 valence electrons. The van der Waals surface area contributed by atoms with Crippen LogP contribution in [0.5, 0.6) is 5.75 Å². The molecule has 0 bridgehead atoms. The number of nitrogens with one attached hydrogen (secondary N) is 1. The number of aryl methyl sites for hydroxylation is 1. The number of aromatic nitrogens is 1. The molecule has 28 heavy (non-hydrogen) atoms. The van der Waals surface area contributed by atoms with E-state index < -0.39 is 12.6 Å². The zero-order chi connectivity index (χ0) is 19.8. The third-order valence-corrected chi connectivity index (χ3v) is 3.89. The number of ether oxygens (including phenoxy) is 1. The normalized spacial score (nSPS) is 10.4. The first-order valence-electron chi connectivity index (χ1n) is 8.85. The zero-order valence-corrected chi connectivity index (χ0v) is 15.1. The summed E-state index contributed by atoms with van der Waals surface area (Å²) < 4.78 is 10.8. The summed E-state index contributed by atoms with van der Waals surface area (Å²) in [5.41, 5.74) is 1.51. The van der Waals surface area contributed by atoms with Gasteiger partial charge in [0.25, 0.3) is 0 Å². The molecule has 2 N–H and O–H groups in total. The Bertz CT molecular complexity index is 937. The standard InChI is InChI=1S/C21H20N2O5/c24-19(23-16-8-4-9-17(12-16)27-14-21(25)26)10-5-11-20-22-13-18(28-20)15-6-2-1-3-7-15/h1-4,6-9,12-13H,5,10-11,14H2,(H,23,24)(H,25,26). The Kier molecular flexibility index (Phi) is 6.41. The summed E-state index contributed by atoms with van der Waals surface area (Å²) in [7, 11) is 0. The molecule has 1 heterocycles. The molecule has 1 amide bonds. The van der Waals surface area contributed by atoms with Crippen LogP contribution in [0, 0.1) is 0 Å². The second-order valence-electron chi connectivity index (χ2n) is 6.10. The topological polar surface area (TPSA) is 102 Å². The van der Waals surface area contributed by atoms with E-state index in [0.717, 1.165) is 5.56 Å².